The number of nitriles is 1. The Hall–Kier alpha value is -1.86. The highest BCUT2D eigenvalue weighted by molar-refractivity contribution is 5.92. The van der Waals surface area contributed by atoms with Crippen LogP contribution >= 0.6 is 0 Å². The number of hydrogen-bond acceptors (Lipinski definition) is 2. The zero-order valence-corrected chi connectivity index (χ0v) is 13.0. The van der Waals surface area contributed by atoms with Crippen molar-refractivity contribution in [2.45, 2.75) is 44.6 Å². The Morgan fingerprint density at radius 3 is 2.86 bits per heavy atom. The number of piperidine rings is 1. The minimum absolute atomic E-state index is 0.0314. The Morgan fingerprint density at radius 1 is 1.23 bits per heavy atom. The quantitative estimate of drug-likeness (QED) is 0.893. The second kappa shape index (κ2) is 6.93. The minimum Gasteiger partial charge on any atom is -0.324 e. The van der Waals surface area contributed by atoms with Gasteiger partial charge in [0, 0.05) is 5.92 Å². The largest absolute Gasteiger partial charge is 0.324 e. The number of para-hydroxylation sites is 1. The average Bonchev–Trinajstić information content (AvgIpc) is 2.55. The summed E-state index contributed by atoms with van der Waals surface area (Å²) in [5, 5.41) is 12.0. The number of likely N-dealkylation sites (tertiary alicyclic amines) is 1. The molecule has 1 aliphatic carbocycles. The first kappa shape index (κ1) is 15.1. The maximum atomic E-state index is 12.4. The number of rotatable bonds is 3. The van der Waals surface area contributed by atoms with E-state index in [1.807, 2.05) is 12.1 Å². The topological polar surface area (TPSA) is 57.3 Å². The van der Waals surface area contributed by atoms with E-state index >= 15 is 0 Å². The highest BCUT2D eigenvalue weighted by Crippen LogP contribution is 2.28. The van der Waals surface area contributed by atoms with E-state index in [1.54, 1.807) is 12.1 Å². The van der Waals surface area contributed by atoms with Crippen LogP contribution in [0.4, 0.5) is 5.69 Å². The van der Waals surface area contributed by atoms with Crippen molar-refractivity contribution in [2.24, 2.45) is 5.92 Å². The van der Waals surface area contributed by atoms with E-state index in [9.17, 15) is 4.79 Å². The van der Waals surface area contributed by atoms with Gasteiger partial charge >= 0.3 is 0 Å². The van der Waals surface area contributed by atoms with Crippen LogP contribution in [0.25, 0.3) is 0 Å². The molecule has 2 fully saturated rings. The predicted octanol–water partition coefficient (Wildman–Crippen LogP) is 1.73. The third-order valence-corrected chi connectivity index (χ3v) is 5.22. The molecule has 1 saturated carbocycles. The molecule has 1 aromatic rings. The Bertz CT molecular complexity index is 576. The molecule has 1 heterocycles. The van der Waals surface area contributed by atoms with Crippen LogP contribution in [0, 0.1) is 17.2 Å². The van der Waals surface area contributed by atoms with Gasteiger partial charge in [-0.3, -0.25) is 4.79 Å². The van der Waals surface area contributed by atoms with Crippen LogP contribution in [0.3, 0.4) is 0 Å². The fraction of sp³-hybridized carbons (Fsp3) is 0.556. The van der Waals surface area contributed by atoms with Crippen LogP contribution < -0.4 is 10.2 Å². The Labute approximate surface area is 132 Å². The molecule has 2 N–H and O–H groups in total. The summed E-state index contributed by atoms with van der Waals surface area (Å²) >= 11 is 0. The van der Waals surface area contributed by atoms with Gasteiger partial charge in [-0.25, -0.2) is 0 Å². The molecule has 116 valence electrons. The van der Waals surface area contributed by atoms with Crippen molar-refractivity contribution >= 4 is 11.6 Å². The third kappa shape index (κ3) is 3.31. The van der Waals surface area contributed by atoms with E-state index in [0.29, 0.717) is 23.8 Å². The van der Waals surface area contributed by atoms with Gasteiger partial charge < -0.3 is 10.2 Å². The van der Waals surface area contributed by atoms with Gasteiger partial charge in [0.2, 0.25) is 0 Å². The van der Waals surface area contributed by atoms with Gasteiger partial charge in [0.15, 0.2) is 6.54 Å². The summed E-state index contributed by atoms with van der Waals surface area (Å²) in [6, 6.07) is 9.99. The lowest BCUT2D eigenvalue weighted by Crippen LogP contribution is -3.18. The maximum absolute atomic E-state index is 12.4. The van der Waals surface area contributed by atoms with E-state index in [0.717, 1.165) is 12.5 Å². The van der Waals surface area contributed by atoms with Crippen molar-refractivity contribution in [1.82, 2.24) is 0 Å². The molecule has 3 atom stereocenters. The smallest absolute Gasteiger partial charge is 0.279 e. The second-order valence-electron chi connectivity index (χ2n) is 6.58. The monoisotopic (exact) mass is 298 g/mol. The first-order valence-corrected chi connectivity index (χ1v) is 8.41. The van der Waals surface area contributed by atoms with E-state index in [1.165, 1.54) is 43.4 Å². The molecule has 0 spiro atoms. The number of carbonyl (C=O) groups is 1. The molecule has 0 aromatic heterocycles. The Balaban J connectivity index is 1.62. The highest BCUT2D eigenvalue weighted by Gasteiger charge is 2.37. The summed E-state index contributed by atoms with van der Waals surface area (Å²) in [6.45, 7) is 1.63. The number of hydrogen-bond donors (Lipinski definition) is 2. The third-order valence-electron chi connectivity index (χ3n) is 5.22. The molecule has 0 radical (unpaired) electrons. The summed E-state index contributed by atoms with van der Waals surface area (Å²) in [4.78, 5) is 13.8. The summed E-state index contributed by atoms with van der Waals surface area (Å²) < 4.78 is 0. The van der Waals surface area contributed by atoms with Crippen LogP contribution in [0.1, 0.15) is 44.1 Å². The van der Waals surface area contributed by atoms with Gasteiger partial charge in [-0.05, 0) is 44.2 Å². The lowest BCUT2D eigenvalue weighted by molar-refractivity contribution is -0.928. The van der Waals surface area contributed by atoms with Crippen LogP contribution in [0.5, 0.6) is 0 Å². The lowest BCUT2D eigenvalue weighted by Gasteiger charge is -2.40. The molecule has 4 nitrogen and oxygen atoms in total. The normalized spacial score (nSPS) is 27.5. The van der Waals surface area contributed by atoms with Gasteiger partial charge in [0.1, 0.15) is 6.07 Å². The Kier molecular flexibility index (Phi) is 4.74. The predicted molar refractivity (Wildman–Crippen MR) is 85.5 cm³/mol. The molecule has 1 unspecified atom stereocenters. The van der Waals surface area contributed by atoms with Crippen molar-refractivity contribution in [1.29, 1.82) is 5.26 Å². The number of benzene rings is 1. The SMILES string of the molecule is N#Cc1ccccc1NC(=O)C[NH+]1CCC[C@@H]2CCCC[C@@H]21. The summed E-state index contributed by atoms with van der Waals surface area (Å²) in [5.41, 5.74) is 1.16. The fourth-order valence-electron chi connectivity index (χ4n) is 4.18. The van der Waals surface area contributed by atoms with Crippen molar-refractivity contribution in [2.75, 3.05) is 18.4 Å². The molecule has 2 aliphatic rings. The number of nitrogens with zero attached hydrogens (tertiary/aromatic N) is 1. The molecular weight excluding hydrogens is 274 g/mol. The summed E-state index contributed by atoms with van der Waals surface area (Å²) in [7, 11) is 0. The second-order valence-corrected chi connectivity index (χ2v) is 6.58. The molecule has 1 amide bonds. The molecule has 1 aromatic carbocycles. The zero-order chi connectivity index (χ0) is 15.4. The van der Waals surface area contributed by atoms with Gasteiger partial charge in [-0.15, -0.1) is 0 Å². The van der Waals surface area contributed by atoms with Crippen molar-refractivity contribution in [3.63, 3.8) is 0 Å². The maximum Gasteiger partial charge on any atom is 0.279 e. The molecule has 4 heteroatoms. The van der Waals surface area contributed by atoms with Crippen LogP contribution in [-0.4, -0.2) is 25.0 Å². The van der Waals surface area contributed by atoms with Gasteiger partial charge in [0.05, 0.1) is 23.8 Å². The number of amides is 1. The summed E-state index contributed by atoms with van der Waals surface area (Å²) in [6.07, 6.45) is 7.85. The standard InChI is InChI=1S/C18H23N3O/c19-12-15-7-1-3-9-16(15)20-18(22)13-21-11-5-8-14-6-2-4-10-17(14)21/h1,3,7,9,14,17H,2,4-6,8,10-11,13H2,(H,20,22)/p+1/t14-,17-/m0/s1. The molecular formula is C18H24N3O+. The summed E-state index contributed by atoms with van der Waals surface area (Å²) in [5.74, 6) is 0.848. The molecule has 22 heavy (non-hydrogen) atoms. The minimum atomic E-state index is 0.0314. The number of fused-ring (bicyclic) bond motifs is 1. The van der Waals surface area contributed by atoms with E-state index in [-0.39, 0.29) is 5.91 Å². The van der Waals surface area contributed by atoms with Crippen molar-refractivity contribution < 1.29 is 9.69 Å². The number of quaternary nitrogens is 1. The molecule has 3 rings (SSSR count). The van der Waals surface area contributed by atoms with Crippen molar-refractivity contribution in [3.8, 4) is 6.07 Å². The van der Waals surface area contributed by atoms with E-state index in [2.05, 4.69) is 11.4 Å². The Morgan fingerprint density at radius 2 is 2.00 bits per heavy atom. The van der Waals surface area contributed by atoms with Gasteiger partial charge in [-0.2, -0.15) is 5.26 Å². The number of anilines is 1. The number of nitrogens with one attached hydrogen (secondary N) is 2. The fourth-order valence-corrected chi connectivity index (χ4v) is 4.18. The van der Waals surface area contributed by atoms with E-state index < -0.39 is 0 Å². The molecule has 0 bridgehead atoms. The first-order valence-electron chi connectivity index (χ1n) is 8.41. The zero-order valence-electron chi connectivity index (χ0n) is 13.0. The first-order chi connectivity index (χ1) is 10.8. The van der Waals surface area contributed by atoms with Crippen LogP contribution in [-0.2, 0) is 4.79 Å². The van der Waals surface area contributed by atoms with Gasteiger partial charge in [-0.1, -0.05) is 18.6 Å². The van der Waals surface area contributed by atoms with Gasteiger partial charge in [0.25, 0.3) is 5.91 Å². The number of carbonyl (C=O) groups excluding carboxylic acids is 1. The molecule has 1 saturated heterocycles. The lowest BCUT2D eigenvalue weighted by atomic mass is 9.78. The van der Waals surface area contributed by atoms with E-state index in [4.69, 9.17) is 5.26 Å². The highest BCUT2D eigenvalue weighted by atomic mass is 16.2. The molecule has 1 aliphatic heterocycles. The van der Waals surface area contributed by atoms with Crippen LogP contribution in [0.2, 0.25) is 0 Å². The van der Waals surface area contributed by atoms with Crippen LogP contribution in [0.15, 0.2) is 24.3 Å². The average molecular weight is 298 g/mol. The van der Waals surface area contributed by atoms with Crippen molar-refractivity contribution in [3.05, 3.63) is 29.8 Å².